The largest absolute Gasteiger partial charge is 0.392 e. The molecule has 2 aromatic rings. The maximum absolute atomic E-state index is 9.25. The molecule has 0 saturated heterocycles. The normalized spacial score (nSPS) is 17.9. The van der Waals surface area contributed by atoms with Crippen molar-refractivity contribution in [3.8, 4) is 0 Å². The maximum Gasteiger partial charge on any atom is 0.110 e. The number of aliphatic hydroxyl groups is 1. The molecule has 2 N–H and O–H groups in total. The standard InChI is InChI=1S/C16H20N2OS/c1-11(14-4-2-3-12(9-14)10-19)18-15(13-5-6-13)16-17-7-8-20-16/h2-4,7-9,11,13,15,18-19H,5-6,10H2,1H3. The second-order valence-corrected chi connectivity index (χ2v) is 6.40. The average Bonchev–Trinajstić information content (AvgIpc) is 3.18. The van der Waals surface area contributed by atoms with Gasteiger partial charge in [0.05, 0.1) is 12.6 Å². The lowest BCUT2D eigenvalue weighted by atomic mass is 10.0. The van der Waals surface area contributed by atoms with Crippen LogP contribution in [0.5, 0.6) is 0 Å². The highest BCUT2D eigenvalue weighted by atomic mass is 32.1. The lowest BCUT2D eigenvalue weighted by molar-refractivity contribution is 0.281. The van der Waals surface area contributed by atoms with Crippen LogP contribution >= 0.6 is 11.3 Å². The third-order valence-corrected chi connectivity index (χ3v) is 4.73. The first kappa shape index (κ1) is 13.7. The molecule has 2 atom stereocenters. The number of rotatable bonds is 6. The van der Waals surface area contributed by atoms with Crippen molar-refractivity contribution in [3.63, 3.8) is 0 Å². The van der Waals surface area contributed by atoms with Crippen molar-refractivity contribution in [2.75, 3.05) is 0 Å². The summed E-state index contributed by atoms with van der Waals surface area (Å²) in [7, 11) is 0. The van der Waals surface area contributed by atoms with Crippen LogP contribution < -0.4 is 5.32 Å². The van der Waals surface area contributed by atoms with Gasteiger partial charge in [-0.2, -0.15) is 0 Å². The highest BCUT2D eigenvalue weighted by Crippen LogP contribution is 2.42. The number of nitrogens with zero attached hydrogens (tertiary/aromatic N) is 1. The Labute approximate surface area is 123 Å². The summed E-state index contributed by atoms with van der Waals surface area (Å²) in [6.45, 7) is 2.28. The van der Waals surface area contributed by atoms with Gasteiger partial charge in [-0.15, -0.1) is 11.3 Å². The van der Waals surface area contributed by atoms with E-state index in [1.165, 1.54) is 23.4 Å². The maximum atomic E-state index is 9.25. The molecule has 0 radical (unpaired) electrons. The molecule has 20 heavy (non-hydrogen) atoms. The number of benzene rings is 1. The molecule has 0 amide bonds. The Morgan fingerprint density at radius 3 is 2.95 bits per heavy atom. The molecule has 1 fully saturated rings. The number of aromatic nitrogens is 1. The van der Waals surface area contributed by atoms with E-state index in [1.807, 2.05) is 23.7 Å². The molecule has 0 bridgehead atoms. The second kappa shape index (κ2) is 6.04. The van der Waals surface area contributed by atoms with Gasteiger partial charge in [-0.25, -0.2) is 4.98 Å². The summed E-state index contributed by atoms with van der Waals surface area (Å²) in [4.78, 5) is 4.47. The lowest BCUT2D eigenvalue weighted by Crippen LogP contribution is -2.26. The second-order valence-electron chi connectivity index (χ2n) is 5.48. The van der Waals surface area contributed by atoms with Crippen molar-refractivity contribution in [1.82, 2.24) is 10.3 Å². The zero-order valence-electron chi connectivity index (χ0n) is 11.6. The monoisotopic (exact) mass is 288 g/mol. The van der Waals surface area contributed by atoms with E-state index < -0.39 is 0 Å². The summed E-state index contributed by atoms with van der Waals surface area (Å²) in [5.74, 6) is 0.727. The first-order chi connectivity index (χ1) is 9.78. The minimum atomic E-state index is 0.0963. The molecule has 1 aromatic carbocycles. The summed E-state index contributed by atoms with van der Waals surface area (Å²) in [5, 5.41) is 16.2. The topological polar surface area (TPSA) is 45.2 Å². The molecule has 3 rings (SSSR count). The van der Waals surface area contributed by atoms with Crippen LogP contribution in [0.25, 0.3) is 0 Å². The van der Waals surface area contributed by atoms with Gasteiger partial charge >= 0.3 is 0 Å². The molecular weight excluding hydrogens is 268 g/mol. The minimum absolute atomic E-state index is 0.0963. The first-order valence-electron chi connectivity index (χ1n) is 7.13. The van der Waals surface area contributed by atoms with Gasteiger partial charge in [0.15, 0.2) is 0 Å². The highest BCUT2D eigenvalue weighted by molar-refractivity contribution is 7.09. The molecule has 1 heterocycles. The minimum Gasteiger partial charge on any atom is -0.392 e. The Morgan fingerprint density at radius 1 is 1.45 bits per heavy atom. The van der Waals surface area contributed by atoms with E-state index in [0.717, 1.165) is 11.5 Å². The fourth-order valence-electron chi connectivity index (χ4n) is 2.55. The molecular formula is C16H20N2OS. The summed E-state index contributed by atoms with van der Waals surface area (Å²) in [6.07, 6.45) is 4.47. The molecule has 0 spiro atoms. The Bertz CT molecular complexity index is 551. The predicted molar refractivity (Wildman–Crippen MR) is 81.5 cm³/mol. The van der Waals surface area contributed by atoms with Crippen LogP contribution in [-0.2, 0) is 6.61 Å². The fraction of sp³-hybridized carbons (Fsp3) is 0.438. The number of thiazole rings is 1. The van der Waals surface area contributed by atoms with Gasteiger partial charge in [0.25, 0.3) is 0 Å². The van der Waals surface area contributed by atoms with Crippen molar-refractivity contribution in [1.29, 1.82) is 0 Å². The molecule has 2 unspecified atom stereocenters. The van der Waals surface area contributed by atoms with Crippen LogP contribution in [0.3, 0.4) is 0 Å². The highest BCUT2D eigenvalue weighted by Gasteiger charge is 2.34. The molecule has 3 nitrogen and oxygen atoms in total. The molecule has 106 valence electrons. The van der Waals surface area contributed by atoms with E-state index in [1.54, 1.807) is 11.3 Å². The van der Waals surface area contributed by atoms with E-state index in [4.69, 9.17) is 0 Å². The van der Waals surface area contributed by atoms with Crippen LogP contribution in [0.15, 0.2) is 35.8 Å². The van der Waals surface area contributed by atoms with Crippen LogP contribution in [0.2, 0.25) is 0 Å². The van der Waals surface area contributed by atoms with Crippen molar-refractivity contribution in [2.24, 2.45) is 5.92 Å². The van der Waals surface area contributed by atoms with Crippen molar-refractivity contribution < 1.29 is 5.11 Å². The quantitative estimate of drug-likeness (QED) is 0.856. The molecule has 1 aromatic heterocycles. The zero-order valence-corrected chi connectivity index (χ0v) is 12.4. The smallest absolute Gasteiger partial charge is 0.110 e. The van der Waals surface area contributed by atoms with Gasteiger partial charge in [-0.1, -0.05) is 24.3 Å². The van der Waals surface area contributed by atoms with E-state index in [0.29, 0.717) is 6.04 Å². The van der Waals surface area contributed by atoms with Gasteiger partial charge in [0.2, 0.25) is 0 Å². The summed E-state index contributed by atoms with van der Waals surface area (Å²) < 4.78 is 0. The number of nitrogens with one attached hydrogen (secondary N) is 1. The zero-order chi connectivity index (χ0) is 13.9. The average molecular weight is 288 g/mol. The SMILES string of the molecule is CC(NC(c1nccs1)C1CC1)c1cccc(CO)c1. The predicted octanol–water partition coefficient (Wildman–Crippen LogP) is 3.44. The van der Waals surface area contributed by atoms with Gasteiger partial charge in [0, 0.05) is 17.6 Å². The third-order valence-electron chi connectivity index (χ3n) is 3.87. The Morgan fingerprint density at radius 2 is 2.30 bits per heavy atom. The van der Waals surface area contributed by atoms with Crippen molar-refractivity contribution in [3.05, 3.63) is 52.0 Å². The fourth-order valence-corrected chi connectivity index (χ4v) is 3.34. The van der Waals surface area contributed by atoms with Crippen molar-refractivity contribution in [2.45, 2.75) is 38.5 Å². The molecule has 4 heteroatoms. The molecule has 1 aliphatic rings. The van der Waals surface area contributed by atoms with E-state index in [-0.39, 0.29) is 12.6 Å². The molecule has 1 aliphatic carbocycles. The van der Waals surface area contributed by atoms with Gasteiger partial charge in [-0.3, -0.25) is 0 Å². The van der Waals surface area contributed by atoms with Crippen LogP contribution in [0.1, 0.15) is 48.0 Å². The first-order valence-corrected chi connectivity index (χ1v) is 8.01. The lowest BCUT2D eigenvalue weighted by Gasteiger charge is -2.22. The Hall–Kier alpha value is -1.23. The van der Waals surface area contributed by atoms with E-state index >= 15 is 0 Å². The Balaban J connectivity index is 1.74. The number of hydrogen-bond acceptors (Lipinski definition) is 4. The van der Waals surface area contributed by atoms with Crippen LogP contribution in [-0.4, -0.2) is 10.1 Å². The summed E-state index contributed by atoms with van der Waals surface area (Å²) in [5.41, 5.74) is 2.19. The van der Waals surface area contributed by atoms with Gasteiger partial charge in [0.1, 0.15) is 5.01 Å². The Kier molecular flexibility index (Phi) is 4.15. The van der Waals surface area contributed by atoms with Crippen molar-refractivity contribution >= 4 is 11.3 Å². The van der Waals surface area contributed by atoms with E-state index in [9.17, 15) is 5.11 Å². The number of aliphatic hydroxyl groups excluding tert-OH is 1. The molecule has 1 saturated carbocycles. The van der Waals surface area contributed by atoms with Gasteiger partial charge < -0.3 is 10.4 Å². The number of hydrogen-bond donors (Lipinski definition) is 2. The summed E-state index contributed by atoms with van der Waals surface area (Å²) in [6, 6.07) is 8.77. The van der Waals surface area contributed by atoms with Crippen LogP contribution in [0, 0.1) is 5.92 Å². The third kappa shape index (κ3) is 3.08. The van der Waals surface area contributed by atoms with E-state index in [2.05, 4.69) is 29.4 Å². The summed E-state index contributed by atoms with van der Waals surface area (Å²) >= 11 is 1.73. The van der Waals surface area contributed by atoms with Crippen LogP contribution in [0.4, 0.5) is 0 Å². The molecule has 0 aliphatic heterocycles. The van der Waals surface area contributed by atoms with Gasteiger partial charge in [-0.05, 0) is 36.8 Å².